The number of halogens is 1. The number of benzene rings is 1. The summed E-state index contributed by atoms with van der Waals surface area (Å²) in [5.41, 5.74) is 6.80. The van der Waals surface area contributed by atoms with Crippen molar-refractivity contribution in [3.63, 3.8) is 0 Å². The molecule has 0 aliphatic rings. The lowest BCUT2D eigenvalue weighted by atomic mass is 10.3. The largest absolute Gasteiger partial charge is 0.382 e. The van der Waals surface area contributed by atoms with Gasteiger partial charge in [0.05, 0.1) is 5.69 Å². The van der Waals surface area contributed by atoms with Gasteiger partial charge in [-0.15, -0.1) is 5.10 Å². The van der Waals surface area contributed by atoms with Gasteiger partial charge in [0.15, 0.2) is 11.5 Å². The Morgan fingerprint density at radius 3 is 2.84 bits per heavy atom. The molecule has 0 saturated carbocycles. The summed E-state index contributed by atoms with van der Waals surface area (Å²) in [6.07, 6.45) is 0. The maximum absolute atomic E-state index is 11.9. The SMILES string of the molecule is CC(C)NC(=O)c1nnn(-c2cccc(Br)c2)c1N. The van der Waals surface area contributed by atoms with Gasteiger partial charge in [-0.2, -0.15) is 4.68 Å². The summed E-state index contributed by atoms with van der Waals surface area (Å²) in [4.78, 5) is 11.9. The van der Waals surface area contributed by atoms with E-state index in [1.54, 1.807) is 0 Å². The van der Waals surface area contributed by atoms with Crippen molar-refractivity contribution in [2.24, 2.45) is 0 Å². The van der Waals surface area contributed by atoms with Gasteiger partial charge in [0.2, 0.25) is 0 Å². The van der Waals surface area contributed by atoms with Crippen LogP contribution in [0.2, 0.25) is 0 Å². The monoisotopic (exact) mass is 323 g/mol. The molecule has 1 aromatic heterocycles. The zero-order valence-electron chi connectivity index (χ0n) is 10.6. The summed E-state index contributed by atoms with van der Waals surface area (Å²) in [5.74, 6) is -0.106. The molecular weight excluding hydrogens is 310 g/mol. The minimum atomic E-state index is -0.325. The number of carbonyl (C=O) groups is 1. The molecule has 6 nitrogen and oxygen atoms in total. The zero-order chi connectivity index (χ0) is 14.0. The van der Waals surface area contributed by atoms with Gasteiger partial charge >= 0.3 is 0 Å². The molecule has 0 unspecified atom stereocenters. The van der Waals surface area contributed by atoms with Gasteiger partial charge in [0, 0.05) is 10.5 Å². The Kier molecular flexibility index (Phi) is 3.84. The van der Waals surface area contributed by atoms with Crippen LogP contribution >= 0.6 is 15.9 Å². The fourth-order valence-corrected chi connectivity index (χ4v) is 1.97. The molecule has 100 valence electrons. The Bertz CT molecular complexity index is 608. The maximum Gasteiger partial charge on any atom is 0.275 e. The molecular formula is C12H14BrN5O. The van der Waals surface area contributed by atoms with E-state index in [1.807, 2.05) is 38.1 Å². The Hall–Kier alpha value is -1.89. The molecule has 0 spiro atoms. The van der Waals surface area contributed by atoms with Gasteiger partial charge in [-0.25, -0.2) is 0 Å². The van der Waals surface area contributed by atoms with Crippen LogP contribution in [-0.2, 0) is 0 Å². The molecule has 0 atom stereocenters. The van der Waals surface area contributed by atoms with Crippen LogP contribution in [0, 0.1) is 0 Å². The number of nitrogens with two attached hydrogens (primary N) is 1. The third kappa shape index (κ3) is 2.93. The first-order valence-corrected chi connectivity index (χ1v) is 6.56. The first-order valence-electron chi connectivity index (χ1n) is 5.77. The smallest absolute Gasteiger partial charge is 0.275 e. The highest BCUT2D eigenvalue weighted by atomic mass is 79.9. The lowest BCUT2D eigenvalue weighted by Crippen LogP contribution is -2.31. The Morgan fingerprint density at radius 1 is 1.47 bits per heavy atom. The van der Waals surface area contributed by atoms with Crippen LogP contribution in [0.25, 0.3) is 5.69 Å². The summed E-state index contributed by atoms with van der Waals surface area (Å²) in [7, 11) is 0. The topological polar surface area (TPSA) is 85.8 Å². The average molecular weight is 324 g/mol. The highest BCUT2D eigenvalue weighted by Crippen LogP contribution is 2.18. The first kappa shape index (κ1) is 13.5. The number of aromatic nitrogens is 3. The van der Waals surface area contributed by atoms with Crippen molar-refractivity contribution in [3.8, 4) is 5.69 Å². The second-order valence-electron chi connectivity index (χ2n) is 4.34. The van der Waals surface area contributed by atoms with E-state index < -0.39 is 0 Å². The number of nitrogens with zero attached hydrogens (tertiary/aromatic N) is 3. The van der Waals surface area contributed by atoms with Gasteiger partial charge < -0.3 is 11.1 Å². The standard InChI is InChI=1S/C12H14BrN5O/c1-7(2)15-12(19)10-11(14)18(17-16-10)9-5-3-4-8(13)6-9/h3-7H,14H2,1-2H3,(H,15,19). The second kappa shape index (κ2) is 5.40. The van der Waals surface area contributed by atoms with Crippen molar-refractivity contribution in [3.05, 3.63) is 34.4 Å². The molecule has 7 heteroatoms. The van der Waals surface area contributed by atoms with Crippen LogP contribution in [0.15, 0.2) is 28.7 Å². The third-order valence-corrected chi connectivity index (χ3v) is 2.89. The molecule has 0 aliphatic carbocycles. The predicted molar refractivity (Wildman–Crippen MR) is 76.1 cm³/mol. The van der Waals surface area contributed by atoms with Gasteiger partial charge in [-0.3, -0.25) is 4.79 Å². The Morgan fingerprint density at radius 2 is 2.21 bits per heavy atom. The molecule has 2 rings (SSSR count). The number of hydrogen-bond acceptors (Lipinski definition) is 4. The van der Waals surface area contributed by atoms with E-state index >= 15 is 0 Å². The van der Waals surface area contributed by atoms with E-state index in [0.717, 1.165) is 10.2 Å². The van der Waals surface area contributed by atoms with Crippen molar-refractivity contribution < 1.29 is 4.79 Å². The molecule has 0 saturated heterocycles. The molecule has 1 heterocycles. The first-order chi connectivity index (χ1) is 8.99. The van der Waals surface area contributed by atoms with E-state index in [9.17, 15) is 4.79 Å². The number of nitrogen functional groups attached to an aromatic ring is 1. The number of nitrogens with one attached hydrogen (secondary N) is 1. The van der Waals surface area contributed by atoms with Crippen molar-refractivity contribution >= 4 is 27.7 Å². The molecule has 0 fully saturated rings. The fourth-order valence-electron chi connectivity index (χ4n) is 1.58. The second-order valence-corrected chi connectivity index (χ2v) is 5.26. The van der Waals surface area contributed by atoms with Crippen LogP contribution in [0.4, 0.5) is 5.82 Å². The molecule has 0 bridgehead atoms. The molecule has 0 radical (unpaired) electrons. The highest BCUT2D eigenvalue weighted by Gasteiger charge is 2.18. The zero-order valence-corrected chi connectivity index (χ0v) is 12.2. The number of anilines is 1. The molecule has 2 aromatic rings. The van der Waals surface area contributed by atoms with Crippen LogP contribution in [0.5, 0.6) is 0 Å². The van der Waals surface area contributed by atoms with Gasteiger partial charge in [-0.1, -0.05) is 27.2 Å². The molecule has 3 N–H and O–H groups in total. The Balaban J connectivity index is 2.35. The van der Waals surface area contributed by atoms with Gasteiger partial charge in [-0.05, 0) is 32.0 Å². The summed E-state index contributed by atoms with van der Waals surface area (Å²) in [5, 5.41) is 10.5. The van der Waals surface area contributed by atoms with Gasteiger partial charge in [0.1, 0.15) is 0 Å². The number of carbonyl (C=O) groups excluding carboxylic acids is 1. The normalized spacial score (nSPS) is 10.7. The predicted octanol–water partition coefficient (Wildman–Crippen LogP) is 1.75. The van der Waals surface area contributed by atoms with E-state index in [0.29, 0.717) is 0 Å². The molecule has 0 aliphatic heterocycles. The summed E-state index contributed by atoms with van der Waals surface area (Å²) >= 11 is 3.37. The number of amides is 1. The molecule has 19 heavy (non-hydrogen) atoms. The van der Waals surface area contributed by atoms with E-state index in [-0.39, 0.29) is 23.5 Å². The summed E-state index contributed by atoms with van der Waals surface area (Å²) in [6.45, 7) is 3.74. The van der Waals surface area contributed by atoms with Crippen molar-refractivity contribution in [1.82, 2.24) is 20.3 Å². The average Bonchev–Trinajstić information content (AvgIpc) is 2.70. The van der Waals surface area contributed by atoms with E-state index in [1.165, 1.54) is 4.68 Å². The molecule has 1 amide bonds. The summed E-state index contributed by atoms with van der Waals surface area (Å²) in [6, 6.07) is 7.44. The minimum Gasteiger partial charge on any atom is -0.382 e. The summed E-state index contributed by atoms with van der Waals surface area (Å²) < 4.78 is 2.33. The maximum atomic E-state index is 11.9. The van der Waals surface area contributed by atoms with Crippen LogP contribution in [0.3, 0.4) is 0 Å². The van der Waals surface area contributed by atoms with E-state index in [2.05, 4.69) is 31.6 Å². The van der Waals surface area contributed by atoms with Crippen molar-refractivity contribution in [2.45, 2.75) is 19.9 Å². The van der Waals surface area contributed by atoms with Crippen LogP contribution in [0.1, 0.15) is 24.3 Å². The van der Waals surface area contributed by atoms with Gasteiger partial charge in [0.25, 0.3) is 5.91 Å². The van der Waals surface area contributed by atoms with Crippen LogP contribution < -0.4 is 11.1 Å². The quantitative estimate of drug-likeness (QED) is 0.901. The minimum absolute atomic E-state index is 0.0166. The Labute approximate surface area is 119 Å². The third-order valence-electron chi connectivity index (χ3n) is 2.39. The van der Waals surface area contributed by atoms with Crippen LogP contribution in [-0.4, -0.2) is 26.9 Å². The lowest BCUT2D eigenvalue weighted by Gasteiger charge is -2.07. The fraction of sp³-hybridized carbons (Fsp3) is 0.250. The number of hydrogen-bond donors (Lipinski definition) is 2. The molecule has 1 aromatic carbocycles. The number of rotatable bonds is 3. The van der Waals surface area contributed by atoms with Crippen molar-refractivity contribution in [1.29, 1.82) is 0 Å². The highest BCUT2D eigenvalue weighted by molar-refractivity contribution is 9.10. The van der Waals surface area contributed by atoms with Crippen molar-refractivity contribution in [2.75, 3.05) is 5.73 Å². The lowest BCUT2D eigenvalue weighted by molar-refractivity contribution is 0.0939. The van der Waals surface area contributed by atoms with E-state index in [4.69, 9.17) is 5.73 Å².